The molecule has 8 unspecified atom stereocenters. The topological polar surface area (TPSA) is 405 Å². The number of hydrogen-bond acceptors (Lipinski definition) is 25. The Hall–Kier alpha value is -2.80. The monoisotopic (exact) mass is 810 g/mol. The van der Waals surface area contributed by atoms with Crippen molar-refractivity contribution in [3.05, 3.63) is 0 Å². The van der Waals surface area contributed by atoms with Gasteiger partial charge in [-0.05, 0) is 0 Å². The molecule has 25 heteroatoms. The van der Waals surface area contributed by atoms with Crippen molar-refractivity contribution in [2.45, 2.75) is 153 Å². The molecule has 0 aromatic heterocycles. The second-order valence-electron chi connectivity index (χ2n) is 11.6. The zero-order valence-corrected chi connectivity index (χ0v) is 26.1. The molecule has 0 saturated carbocycles. The molecule has 20 atom stereocenters. The van der Waals surface area contributed by atoms with E-state index in [4.69, 9.17) is 42.6 Å². The summed E-state index contributed by atoms with van der Waals surface area (Å²) >= 11 is 0. The van der Waals surface area contributed by atoms with E-state index in [9.17, 15) is 80.5 Å². The van der Waals surface area contributed by atoms with Gasteiger partial charge in [0.2, 0.25) is 0 Å². The average Bonchev–Trinajstić information content (AvgIpc) is 3.07. The minimum Gasteiger partial charge on any atom is -0.547 e. The Morgan fingerprint density at radius 1 is 0.382 bits per heavy atom. The highest BCUT2D eigenvalue weighted by Gasteiger charge is 2.56. The number of methoxy groups -OCH3 is 2. The van der Waals surface area contributed by atoms with Gasteiger partial charge in [-0.2, -0.15) is 0 Å². The van der Waals surface area contributed by atoms with Crippen molar-refractivity contribution in [2.75, 3.05) is 14.2 Å². The lowest BCUT2D eigenvalue weighted by Crippen LogP contribution is -2.70. The van der Waals surface area contributed by atoms with Gasteiger partial charge < -0.3 is 123 Å². The Bertz CT molecular complexity index is 1250. The van der Waals surface area contributed by atoms with E-state index in [0.29, 0.717) is 0 Å². The predicted molar refractivity (Wildman–Crippen MR) is 162 cm³/mol. The summed E-state index contributed by atoms with van der Waals surface area (Å²) in [5.74, 6) is -8.42. The van der Waals surface area contributed by atoms with Gasteiger partial charge in [0.1, 0.15) is 97.7 Å². The number of carboxylic acids is 4. The molecule has 4 fully saturated rings. The zero-order valence-electron chi connectivity index (χ0n) is 26.1. The number of aliphatic carboxylic acids is 4. The molecule has 324 valence electrons. The molecule has 0 amide bonds. The lowest BCUT2D eigenvalue weighted by atomic mass is 9.95. The Balaban J connectivity index is 0.00000729. The summed E-state index contributed by atoms with van der Waals surface area (Å²) in [4.78, 5) is 47.2. The van der Waals surface area contributed by atoms with Crippen LogP contribution < -0.4 is 20.4 Å². The molecule has 25 nitrogen and oxygen atoms in total. The fourth-order valence-electron chi connectivity index (χ4n) is 5.82. The first kappa shape index (κ1) is 52.2. The van der Waals surface area contributed by atoms with Crippen LogP contribution in [0.15, 0.2) is 0 Å². The van der Waals surface area contributed by atoms with Gasteiger partial charge in [0, 0.05) is 14.2 Å². The summed E-state index contributed by atoms with van der Waals surface area (Å²) in [5, 5.41) is 132. The quantitative estimate of drug-likeness (QED) is 0.0907. The molecular formula is C30H50O25-4. The highest BCUT2D eigenvalue weighted by atomic mass is 16.8. The van der Waals surface area contributed by atoms with Crippen LogP contribution in [0.2, 0.25) is 0 Å². The maximum Gasteiger partial charge on any atom is 0.187 e. The van der Waals surface area contributed by atoms with Crippen LogP contribution >= 0.6 is 0 Å². The molecule has 0 radical (unpaired) electrons. The van der Waals surface area contributed by atoms with E-state index in [1.165, 1.54) is 0 Å². The first-order valence-electron chi connectivity index (χ1n) is 14.8. The van der Waals surface area contributed by atoms with Crippen molar-refractivity contribution in [3.63, 3.8) is 0 Å². The molecule has 0 bridgehead atoms. The maximum absolute atomic E-state index is 12.0. The third-order valence-electron chi connectivity index (χ3n) is 8.49. The van der Waals surface area contributed by atoms with Gasteiger partial charge in [-0.3, -0.25) is 0 Å². The highest BCUT2D eigenvalue weighted by molar-refractivity contribution is 5.72. The van der Waals surface area contributed by atoms with Gasteiger partial charge in [0.15, 0.2) is 25.2 Å². The Labute approximate surface area is 314 Å². The largest absolute Gasteiger partial charge is 0.547 e. The number of carboxylic acid groups (broad SMARTS) is 4. The summed E-state index contributed by atoms with van der Waals surface area (Å²) in [7, 11) is 1.95. The Morgan fingerprint density at radius 2 is 0.600 bits per heavy atom. The molecule has 0 aliphatic carbocycles. The summed E-state index contributed by atoms with van der Waals surface area (Å²) in [6, 6.07) is 0. The first-order chi connectivity index (χ1) is 23.9. The Kier molecular flexibility index (Phi) is 20.0. The van der Waals surface area contributed by atoms with Crippen LogP contribution in [0.5, 0.6) is 0 Å². The van der Waals surface area contributed by atoms with E-state index in [2.05, 4.69) is 0 Å². The smallest absolute Gasteiger partial charge is 0.187 e. The summed E-state index contributed by atoms with van der Waals surface area (Å²) in [6.07, 6.45) is -44.8. The van der Waals surface area contributed by atoms with E-state index < -0.39 is 147 Å². The highest BCUT2D eigenvalue weighted by Crippen LogP contribution is 2.34. The molecule has 4 aliphatic rings. The average molecular weight is 811 g/mol. The summed E-state index contributed by atoms with van der Waals surface area (Å²) in [6.45, 7) is 0. The number of aliphatic hydroxyl groups excluding tert-OH is 8. The number of carbonyl (C=O) groups excluding carboxylic acids is 4. The summed E-state index contributed by atoms with van der Waals surface area (Å²) < 4.78 is 45.3. The lowest BCUT2D eigenvalue weighted by Gasteiger charge is -2.49. The molecular weight excluding hydrogens is 760 g/mol. The first-order valence-corrected chi connectivity index (χ1v) is 14.8. The normalized spacial score (nSPS) is 44.3. The fourth-order valence-corrected chi connectivity index (χ4v) is 5.82. The van der Waals surface area contributed by atoms with Crippen LogP contribution in [-0.2, 0) is 61.8 Å². The van der Waals surface area contributed by atoms with Crippen LogP contribution in [0.1, 0.15) is 29.7 Å². The maximum atomic E-state index is 12.0. The van der Waals surface area contributed by atoms with Crippen LogP contribution in [-0.4, -0.2) is 202 Å². The second-order valence-corrected chi connectivity index (χ2v) is 11.6. The van der Waals surface area contributed by atoms with Gasteiger partial charge in [-0.1, -0.05) is 29.7 Å². The van der Waals surface area contributed by atoms with Gasteiger partial charge >= 0.3 is 0 Å². The third-order valence-corrected chi connectivity index (χ3v) is 8.49. The molecule has 0 spiro atoms. The minimum atomic E-state index is -2.54. The van der Waals surface area contributed by atoms with E-state index >= 15 is 0 Å². The second kappa shape index (κ2) is 21.1. The summed E-state index contributed by atoms with van der Waals surface area (Å²) in [5.41, 5.74) is 0. The molecule has 0 aromatic carbocycles. The van der Waals surface area contributed by atoms with Crippen molar-refractivity contribution < 1.29 is 123 Å². The zero-order chi connectivity index (χ0) is 38.2. The number of rotatable bonds is 12. The van der Waals surface area contributed by atoms with Crippen LogP contribution in [0.25, 0.3) is 0 Å². The van der Waals surface area contributed by atoms with E-state index in [1.807, 2.05) is 0 Å². The molecule has 0 aromatic rings. The standard InChI is InChI=1S/C26H38O25.4CH4/c1-43-11-3(27)8(32)24(49-15(11)19(35)36)46-13-5(29)10(34)26(51-17(13)21(39)40)47-14-6(30)9(33)25(50-18(14)22(41)42)45-12-4(28)7(31)23(44-2)48-16(12)20(37)38;;;;/h3-18,23-34H,1-2H3,(H,35,36)(H,37,38)(H,39,40)(H,41,42);4*1H4/p-4/t3-,4?,5?,6+,7?,8?,9?,10?,11-,12-,13-,14-,15?,16+,17+,18?,23+,24+,25+,26+;;;;/m0..../s1. The van der Waals surface area contributed by atoms with Crippen molar-refractivity contribution in [3.8, 4) is 0 Å². The number of aliphatic hydroxyl groups is 8. The number of carbonyl (C=O) groups is 4. The third kappa shape index (κ3) is 10.4. The van der Waals surface area contributed by atoms with E-state index in [1.54, 1.807) is 0 Å². The number of ether oxygens (including phenoxy) is 9. The van der Waals surface area contributed by atoms with Crippen LogP contribution in [0, 0.1) is 0 Å². The van der Waals surface area contributed by atoms with E-state index in [0.717, 1.165) is 14.2 Å². The van der Waals surface area contributed by atoms with Crippen molar-refractivity contribution >= 4 is 23.9 Å². The van der Waals surface area contributed by atoms with Crippen molar-refractivity contribution in [1.29, 1.82) is 0 Å². The number of hydrogen-bond donors (Lipinski definition) is 8. The Morgan fingerprint density at radius 3 is 0.836 bits per heavy atom. The lowest BCUT2D eigenvalue weighted by molar-refractivity contribution is -0.402. The van der Waals surface area contributed by atoms with Gasteiger partial charge in [-0.25, -0.2) is 0 Å². The van der Waals surface area contributed by atoms with Gasteiger partial charge in [-0.15, -0.1) is 0 Å². The molecule has 4 aliphatic heterocycles. The molecule has 55 heavy (non-hydrogen) atoms. The van der Waals surface area contributed by atoms with Crippen LogP contribution in [0.4, 0.5) is 0 Å². The molecule has 4 rings (SSSR count). The minimum absolute atomic E-state index is 0. The molecule has 4 saturated heterocycles. The van der Waals surface area contributed by atoms with Crippen LogP contribution in [0.3, 0.4) is 0 Å². The fraction of sp³-hybridized carbons (Fsp3) is 0.867. The predicted octanol–water partition coefficient (Wildman–Crippen LogP) is -10.9. The van der Waals surface area contributed by atoms with Crippen molar-refractivity contribution in [2.24, 2.45) is 0 Å². The van der Waals surface area contributed by atoms with Crippen molar-refractivity contribution in [1.82, 2.24) is 0 Å². The van der Waals surface area contributed by atoms with Gasteiger partial charge in [0.25, 0.3) is 0 Å². The molecule has 8 N–H and O–H groups in total. The van der Waals surface area contributed by atoms with Gasteiger partial charge in [0.05, 0.1) is 23.9 Å². The SMILES string of the molecule is C.C.C.C.CO[C@@H]1O[C@@H](C(=O)[O-])[C@@H](O[C@@H]2OC(C(=O)[O-])[C@@H](O[C@@H]3O[C@@H](C(=O)[O-])[C@@H](O[C@@H]4OC(C(=O)[O-])[C@@H](OC)[C@@H](O)C4O)C(O)C3O)[C@H](O)C2O)C(O)C1O. The van der Waals surface area contributed by atoms with E-state index in [-0.39, 0.29) is 29.7 Å². The molecule has 4 heterocycles.